The summed E-state index contributed by atoms with van der Waals surface area (Å²) in [7, 11) is 0. The Labute approximate surface area is 106 Å². The predicted octanol–water partition coefficient (Wildman–Crippen LogP) is 0.581. The summed E-state index contributed by atoms with van der Waals surface area (Å²) in [6, 6.07) is 0.278. The van der Waals surface area contributed by atoms with Gasteiger partial charge in [0.2, 0.25) is 5.95 Å². The van der Waals surface area contributed by atoms with Gasteiger partial charge in [-0.05, 0) is 19.8 Å². The molecule has 0 bridgehead atoms. The number of anilines is 1. The highest BCUT2D eigenvalue weighted by molar-refractivity contribution is 5.88. The SMILES string of the molecule is CCOC(=O)c1cnc(N2CCC(N)CC2)nc1. The summed E-state index contributed by atoms with van der Waals surface area (Å²) < 4.78 is 4.88. The van der Waals surface area contributed by atoms with Gasteiger partial charge in [-0.3, -0.25) is 0 Å². The van der Waals surface area contributed by atoms with Crippen LogP contribution >= 0.6 is 0 Å². The Morgan fingerprint density at radius 3 is 2.61 bits per heavy atom. The van der Waals surface area contributed by atoms with E-state index < -0.39 is 0 Å². The molecule has 1 saturated heterocycles. The Morgan fingerprint density at radius 2 is 2.06 bits per heavy atom. The number of carbonyl (C=O) groups is 1. The smallest absolute Gasteiger partial charge is 0.341 e. The summed E-state index contributed by atoms with van der Waals surface area (Å²) >= 11 is 0. The summed E-state index contributed by atoms with van der Waals surface area (Å²) in [5.74, 6) is 0.264. The van der Waals surface area contributed by atoms with E-state index in [-0.39, 0.29) is 12.0 Å². The number of ether oxygens (including phenoxy) is 1. The highest BCUT2D eigenvalue weighted by atomic mass is 16.5. The lowest BCUT2D eigenvalue weighted by Crippen LogP contribution is -2.40. The van der Waals surface area contributed by atoms with Crippen molar-refractivity contribution >= 4 is 11.9 Å². The van der Waals surface area contributed by atoms with E-state index in [9.17, 15) is 4.79 Å². The van der Waals surface area contributed by atoms with Crippen LogP contribution in [0.25, 0.3) is 0 Å². The molecule has 0 unspecified atom stereocenters. The molecule has 2 heterocycles. The van der Waals surface area contributed by atoms with E-state index in [4.69, 9.17) is 10.5 Å². The van der Waals surface area contributed by atoms with Gasteiger partial charge in [-0.25, -0.2) is 14.8 Å². The van der Waals surface area contributed by atoms with Crippen LogP contribution < -0.4 is 10.6 Å². The number of esters is 1. The zero-order valence-electron chi connectivity index (χ0n) is 10.5. The summed E-state index contributed by atoms with van der Waals surface area (Å²) in [6.07, 6.45) is 4.91. The standard InChI is InChI=1S/C12H18N4O2/c1-2-18-11(17)9-7-14-12(15-8-9)16-5-3-10(13)4-6-16/h7-8,10H,2-6,13H2,1H3. The Balaban J connectivity index is 2.01. The van der Waals surface area contributed by atoms with Crippen molar-refractivity contribution in [2.75, 3.05) is 24.6 Å². The molecule has 0 atom stereocenters. The van der Waals surface area contributed by atoms with Gasteiger partial charge in [0.15, 0.2) is 0 Å². The Hall–Kier alpha value is -1.69. The third-order valence-electron chi connectivity index (χ3n) is 2.97. The molecular weight excluding hydrogens is 232 g/mol. The zero-order chi connectivity index (χ0) is 13.0. The van der Waals surface area contributed by atoms with Crippen LogP contribution in [-0.4, -0.2) is 41.7 Å². The zero-order valence-corrected chi connectivity index (χ0v) is 10.5. The van der Waals surface area contributed by atoms with Gasteiger partial charge >= 0.3 is 5.97 Å². The Bertz CT molecular complexity index is 399. The van der Waals surface area contributed by atoms with Crippen molar-refractivity contribution in [1.29, 1.82) is 0 Å². The van der Waals surface area contributed by atoms with E-state index in [2.05, 4.69) is 14.9 Å². The maximum atomic E-state index is 11.4. The molecule has 1 aromatic heterocycles. The van der Waals surface area contributed by atoms with Crippen LogP contribution in [-0.2, 0) is 4.74 Å². The van der Waals surface area contributed by atoms with E-state index in [0.717, 1.165) is 25.9 Å². The number of hydrogen-bond donors (Lipinski definition) is 1. The van der Waals surface area contributed by atoms with Crippen molar-refractivity contribution in [3.8, 4) is 0 Å². The molecule has 18 heavy (non-hydrogen) atoms. The van der Waals surface area contributed by atoms with Crippen LogP contribution in [0.2, 0.25) is 0 Å². The summed E-state index contributed by atoms with van der Waals surface area (Å²) in [6.45, 7) is 3.84. The first-order valence-electron chi connectivity index (χ1n) is 6.20. The van der Waals surface area contributed by atoms with Crippen molar-refractivity contribution in [2.45, 2.75) is 25.8 Å². The van der Waals surface area contributed by atoms with Gasteiger partial charge in [0, 0.05) is 31.5 Å². The van der Waals surface area contributed by atoms with E-state index in [1.54, 1.807) is 6.92 Å². The maximum Gasteiger partial charge on any atom is 0.341 e. The third-order valence-corrected chi connectivity index (χ3v) is 2.97. The summed E-state index contributed by atoms with van der Waals surface area (Å²) in [5, 5.41) is 0. The third kappa shape index (κ3) is 2.95. The first-order valence-corrected chi connectivity index (χ1v) is 6.20. The highest BCUT2D eigenvalue weighted by Gasteiger charge is 2.18. The number of nitrogens with zero attached hydrogens (tertiary/aromatic N) is 3. The summed E-state index contributed by atoms with van der Waals surface area (Å²) in [4.78, 5) is 21.9. The molecule has 0 aromatic carbocycles. The van der Waals surface area contributed by atoms with Gasteiger partial charge in [-0.15, -0.1) is 0 Å². The average Bonchev–Trinajstić information content (AvgIpc) is 2.40. The van der Waals surface area contributed by atoms with Crippen molar-refractivity contribution in [3.05, 3.63) is 18.0 Å². The number of rotatable bonds is 3. The van der Waals surface area contributed by atoms with Crippen LogP contribution in [0, 0.1) is 0 Å². The second kappa shape index (κ2) is 5.77. The number of aromatic nitrogens is 2. The van der Waals surface area contributed by atoms with Crippen molar-refractivity contribution < 1.29 is 9.53 Å². The monoisotopic (exact) mass is 250 g/mol. The number of carbonyl (C=O) groups excluding carboxylic acids is 1. The van der Waals surface area contributed by atoms with E-state index in [1.165, 1.54) is 12.4 Å². The van der Waals surface area contributed by atoms with Crippen LogP contribution in [0.1, 0.15) is 30.1 Å². The molecule has 1 aliphatic rings. The first-order chi connectivity index (χ1) is 8.70. The van der Waals surface area contributed by atoms with Crippen molar-refractivity contribution in [1.82, 2.24) is 9.97 Å². The fraction of sp³-hybridized carbons (Fsp3) is 0.583. The second-order valence-electron chi connectivity index (χ2n) is 4.32. The normalized spacial score (nSPS) is 16.7. The van der Waals surface area contributed by atoms with E-state index in [1.807, 2.05) is 0 Å². The van der Waals surface area contributed by atoms with E-state index >= 15 is 0 Å². The molecule has 0 spiro atoms. The quantitative estimate of drug-likeness (QED) is 0.790. The highest BCUT2D eigenvalue weighted by Crippen LogP contribution is 2.14. The lowest BCUT2D eigenvalue weighted by molar-refractivity contribution is 0.0525. The van der Waals surface area contributed by atoms with Crippen LogP contribution in [0.3, 0.4) is 0 Å². The number of nitrogens with two attached hydrogens (primary N) is 1. The molecule has 6 heteroatoms. The van der Waals surface area contributed by atoms with Gasteiger partial charge in [-0.1, -0.05) is 0 Å². The Kier molecular flexibility index (Phi) is 4.09. The van der Waals surface area contributed by atoms with Crippen LogP contribution in [0.5, 0.6) is 0 Å². The first kappa shape index (κ1) is 12.8. The number of piperidine rings is 1. The fourth-order valence-corrected chi connectivity index (χ4v) is 1.90. The van der Waals surface area contributed by atoms with Gasteiger partial charge in [0.25, 0.3) is 0 Å². The molecule has 1 aliphatic heterocycles. The van der Waals surface area contributed by atoms with Crippen molar-refractivity contribution in [3.63, 3.8) is 0 Å². The van der Waals surface area contributed by atoms with E-state index in [0.29, 0.717) is 18.1 Å². The predicted molar refractivity (Wildman–Crippen MR) is 67.4 cm³/mol. The molecular formula is C12H18N4O2. The molecule has 0 radical (unpaired) electrons. The minimum absolute atomic E-state index is 0.278. The number of hydrogen-bond acceptors (Lipinski definition) is 6. The molecule has 1 aromatic rings. The second-order valence-corrected chi connectivity index (χ2v) is 4.32. The molecule has 0 aliphatic carbocycles. The minimum Gasteiger partial charge on any atom is -0.462 e. The van der Waals surface area contributed by atoms with Gasteiger partial charge in [0.1, 0.15) is 0 Å². The van der Waals surface area contributed by atoms with Gasteiger partial charge in [-0.2, -0.15) is 0 Å². The van der Waals surface area contributed by atoms with Gasteiger partial charge < -0.3 is 15.4 Å². The molecule has 6 nitrogen and oxygen atoms in total. The lowest BCUT2D eigenvalue weighted by Gasteiger charge is -2.29. The molecule has 1 fully saturated rings. The fourth-order valence-electron chi connectivity index (χ4n) is 1.90. The topological polar surface area (TPSA) is 81.3 Å². The molecule has 0 amide bonds. The largest absolute Gasteiger partial charge is 0.462 e. The minimum atomic E-state index is -0.385. The Morgan fingerprint density at radius 1 is 1.44 bits per heavy atom. The van der Waals surface area contributed by atoms with Crippen LogP contribution in [0.15, 0.2) is 12.4 Å². The molecule has 2 rings (SSSR count). The molecule has 0 saturated carbocycles. The molecule has 98 valence electrons. The van der Waals surface area contributed by atoms with Crippen molar-refractivity contribution in [2.24, 2.45) is 5.73 Å². The molecule has 2 N–H and O–H groups in total. The van der Waals surface area contributed by atoms with Crippen LogP contribution in [0.4, 0.5) is 5.95 Å². The average molecular weight is 250 g/mol. The summed E-state index contributed by atoms with van der Waals surface area (Å²) in [5.41, 5.74) is 6.23. The maximum absolute atomic E-state index is 11.4. The lowest BCUT2D eigenvalue weighted by atomic mass is 10.1. The van der Waals surface area contributed by atoms with Gasteiger partial charge in [0.05, 0.1) is 12.2 Å².